The molecule has 0 bridgehead atoms. The van der Waals surface area contributed by atoms with E-state index in [9.17, 15) is 9.59 Å². The first-order valence-corrected chi connectivity index (χ1v) is 12.6. The second-order valence-electron chi connectivity index (χ2n) is 8.52. The molecule has 2 aromatic carbocycles. The fraction of sp³-hybridized carbons (Fsp3) is 0.462. The number of hydrogen-bond donors (Lipinski definition) is 1. The quantitative estimate of drug-likeness (QED) is 0.437. The maximum atomic E-state index is 13.3. The monoisotopic (exact) mass is 548 g/mol. The van der Waals surface area contributed by atoms with Gasteiger partial charge in [-0.15, -0.1) is 0 Å². The van der Waals surface area contributed by atoms with Crippen LogP contribution in [-0.4, -0.2) is 35.4 Å². The molecule has 1 atom stereocenters. The zero-order valence-corrected chi connectivity index (χ0v) is 21.1. The number of benzene rings is 2. The van der Waals surface area contributed by atoms with E-state index in [1.165, 1.54) is 6.42 Å². The molecule has 0 heterocycles. The number of hydrogen-bond acceptors (Lipinski definition) is 3. The van der Waals surface area contributed by atoms with Crippen LogP contribution in [0.15, 0.2) is 48.5 Å². The summed E-state index contributed by atoms with van der Waals surface area (Å²) in [7, 11) is 0. The third kappa shape index (κ3) is 7.22. The van der Waals surface area contributed by atoms with Crippen molar-refractivity contribution in [3.8, 4) is 5.75 Å². The summed E-state index contributed by atoms with van der Waals surface area (Å²) < 4.78 is 6.87. The number of carbonyl (C=O) groups is 2. The van der Waals surface area contributed by atoms with Crippen LogP contribution in [0, 0.1) is 10.5 Å². The van der Waals surface area contributed by atoms with Crippen molar-refractivity contribution >= 4 is 34.4 Å². The fourth-order valence-corrected chi connectivity index (χ4v) is 4.59. The van der Waals surface area contributed by atoms with Gasteiger partial charge in [0.2, 0.25) is 5.91 Å². The van der Waals surface area contributed by atoms with Gasteiger partial charge in [-0.2, -0.15) is 0 Å². The SMILES string of the molecule is CCC(C(=O)NC1CCCCC1)N(Cc1cccc(C)c1)C(=O)COc1ccc(I)cc1. The zero-order valence-electron chi connectivity index (χ0n) is 19.0. The molecular weight excluding hydrogens is 515 g/mol. The van der Waals surface area contributed by atoms with E-state index in [1.54, 1.807) is 4.90 Å². The molecular formula is C26H33IN2O3. The Morgan fingerprint density at radius 3 is 2.50 bits per heavy atom. The van der Waals surface area contributed by atoms with E-state index in [2.05, 4.69) is 34.0 Å². The van der Waals surface area contributed by atoms with Crippen molar-refractivity contribution < 1.29 is 14.3 Å². The van der Waals surface area contributed by atoms with Crippen molar-refractivity contribution in [2.45, 2.75) is 71.0 Å². The van der Waals surface area contributed by atoms with Gasteiger partial charge >= 0.3 is 0 Å². The van der Waals surface area contributed by atoms with Crippen LogP contribution in [0.4, 0.5) is 0 Å². The van der Waals surface area contributed by atoms with Crippen molar-refractivity contribution in [1.82, 2.24) is 10.2 Å². The Kier molecular flexibility index (Phi) is 9.38. The summed E-state index contributed by atoms with van der Waals surface area (Å²) in [4.78, 5) is 28.2. The van der Waals surface area contributed by atoms with Crippen LogP contribution in [0.2, 0.25) is 0 Å². The van der Waals surface area contributed by atoms with Crippen LogP contribution < -0.4 is 10.1 Å². The molecule has 6 heteroatoms. The number of halogens is 1. The smallest absolute Gasteiger partial charge is 0.261 e. The Hall–Kier alpha value is -2.09. The van der Waals surface area contributed by atoms with E-state index in [-0.39, 0.29) is 24.5 Å². The highest BCUT2D eigenvalue weighted by atomic mass is 127. The largest absolute Gasteiger partial charge is 0.484 e. The number of ether oxygens (including phenoxy) is 1. The molecule has 1 fully saturated rings. The van der Waals surface area contributed by atoms with Crippen LogP contribution in [0.1, 0.15) is 56.6 Å². The molecule has 172 valence electrons. The molecule has 1 N–H and O–H groups in total. The molecule has 1 aliphatic rings. The van der Waals surface area contributed by atoms with Gasteiger partial charge in [-0.3, -0.25) is 9.59 Å². The highest BCUT2D eigenvalue weighted by Gasteiger charge is 2.30. The highest BCUT2D eigenvalue weighted by molar-refractivity contribution is 14.1. The molecule has 1 aliphatic carbocycles. The predicted molar refractivity (Wildman–Crippen MR) is 135 cm³/mol. The van der Waals surface area contributed by atoms with E-state index >= 15 is 0 Å². The number of nitrogens with zero attached hydrogens (tertiary/aromatic N) is 1. The topological polar surface area (TPSA) is 58.6 Å². The Balaban J connectivity index is 1.74. The number of rotatable bonds is 9. The Morgan fingerprint density at radius 1 is 1.12 bits per heavy atom. The molecule has 2 aromatic rings. The number of carbonyl (C=O) groups excluding carboxylic acids is 2. The molecule has 3 rings (SSSR count). The summed E-state index contributed by atoms with van der Waals surface area (Å²) in [5.41, 5.74) is 2.14. The second kappa shape index (κ2) is 12.2. The van der Waals surface area contributed by atoms with Crippen LogP contribution in [0.25, 0.3) is 0 Å². The van der Waals surface area contributed by atoms with Gasteiger partial charge in [0.15, 0.2) is 6.61 Å². The molecule has 0 radical (unpaired) electrons. The average molecular weight is 548 g/mol. The van der Waals surface area contributed by atoms with Crippen molar-refractivity contribution in [3.05, 3.63) is 63.2 Å². The Labute approximate surface area is 205 Å². The molecule has 1 unspecified atom stereocenters. The van der Waals surface area contributed by atoms with Gasteiger partial charge in [-0.25, -0.2) is 0 Å². The lowest BCUT2D eigenvalue weighted by Crippen LogP contribution is -2.52. The second-order valence-corrected chi connectivity index (χ2v) is 9.77. The minimum atomic E-state index is -0.523. The van der Waals surface area contributed by atoms with Crippen LogP contribution in [0.5, 0.6) is 5.75 Å². The minimum absolute atomic E-state index is 0.0605. The van der Waals surface area contributed by atoms with E-state index < -0.39 is 6.04 Å². The Bertz CT molecular complexity index is 894. The van der Waals surface area contributed by atoms with Gasteiger partial charge < -0.3 is 15.0 Å². The first kappa shape index (κ1) is 24.6. The molecule has 2 amide bonds. The zero-order chi connectivity index (χ0) is 22.9. The van der Waals surface area contributed by atoms with E-state index in [0.717, 1.165) is 40.4 Å². The van der Waals surface area contributed by atoms with Crippen molar-refractivity contribution in [3.63, 3.8) is 0 Å². The molecule has 0 aromatic heterocycles. The lowest BCUT2D eigenvalue weighted by atomic mass is 9.95. The maximum Gasteiger partial charge on any atom is 0.261 e. The standard InChI is InChI=1S/C26H33IN2O3/c1-3-24(26(31)28-22-10-5-4-6-11-22)29(17-20-9-7-8-19(2)16-20)25(30)18-32-23-14-12-21(27)13-15-23/h7-9,12-16,22,24H,3-6,10-11,17-18H2,1-2H3,(H,28,31). The van der Waals surface area contributed by atoms with E-state index in [1.807, 2.05) is 56.3 Å². The molecule has 0 aliphatic heterocycles. The van der Waals surface area contributed by atoms with Crippen molar-refractivity contribution in [2.24, 2.45) is 0 Å². The first-order valence-electron chi connectivity index (χ1n) is 11.5. The summed E-state index contributed by atoms with van der Waals surface area (Å²) in [5.74, 6) is 0.402. The van der Waals surface area contributed by atoms with Gasteiger partial charge in [-0.1, -0.05) is 56.0 Å². The number of aryl methyl sites for hydroxylation is 1. The first-order chi connectivity index (χ1) is 15.5. The van der Waals surface area contributed by atoms with Crippen molar-refractivity contribution in [1.29, 1.82) is 0 Å². The number of nitrogens with one attached hydrogen (secondary N) is 1. The number of amides is 2. The van der Waals surface area contributed by atoms with Crippen LogP contribution >= 0.6 is 22.6 Å². The third-order valence-corrected chi connectivity index (χ3v) is 6.67. The maximum absolute atomic E-state index is 13.3. The molecule has 0 saturated heterocycles. The summed E-state index contributed by atoms with van der Waals surface area (Å²) >= 11 is 2.23. The van der Waals surface area contributed by atoms with Crippen LogP contribution in [0.3, 0.4) is 0 Å². The summed E-state index contributed by atoms with van der Waals surface area (Å²) in [6, 6.07) is 15.4. The lowest BCUT2D eigenvalue weighted by Gasteiger charge is -2.32. The van der Waals surface area contributed by atoms with Gasteiger partial charge in [0.1, 0.15) is 11.8 Å². The van der Waals surface area contributed by atoms with E-state index in [0.29, 0.717) is 18.7 Å². The van der Waals surface area contributed by atoms with E-state index in [4.69, 9.17) is 4.74 Å². The van der Waals surface area contributed by atoms with Gasteiger partial charge in [-0.05, 0) is 78.6 Å². The minimum Gasteiger partial charge on any atom is -0.484 e. The predicted octanol–water partition coefficient (Wildman–Crippen LogP) is 5.23. The highest BCUT2D eigenvalue weighted by Crippen LogP contribution is 2.20. The molecule has 32 heavy (non-hydrogen) atoms. The summed E-state index contributed by atoms with van der Waals surface area (Å²) in [6.45, 7) is 4.27. The third-order valence-electron chi connectivity index (χ3n) is 5.95. The summed E-state index contributed by atoms with van der Waals surface area (Å²) in [5, 5.41) is 3.21. The summed E-state index contributed by atoms with van der Waals surface area (Å²) in [6.07, 6.45) is 6.12. The Morgan fingerprint density at radius 2 is 1.84 bits per heavy atom. The molecule has 0 spiro atoms. The van der Waals surface area contributed by atoms with Gasteiger partial charge in [0.05, 0.1) is 0 Å². The average Bonchev–Trinajstić information content (AvgIpc) is 2.79. The molecule has 1 saturated carbocycles. The molecule has 5 nitrogen and oxygen atoms in total. The fourth-order valence-electron chi connectivity index (χ4n) is 4.23. The van der Waals surface area contributed by atoms with Crippen molar-refractivity contribution in [2.75, 3.05) is 6.61 Å². The van der Waals surface area contributed by atoms with Crippen LogP contribution in [-0.2, 0) is 16.1 Å². The van der Waals surface area contributed by atoms with Gasteiger partial charge in [0.25, 0.3) is 5.91 Å². The van der Waals surface area contributed by atoms with Gasteiger partial charge in [0, 0.05) is 16.2 Å². The normalized spacial score (nSPS) is 15.1. The lowest BCUT2D eigenvalue weighted by molar-refractivity contribution is -0.143.